The molecule has 1 aliphatic heterocycles. The Morgan fingerprint density at radius 2 is 1.74 bits per heavy atom. The van der Waals surface area contributed by atoms with Crippen molar-refractivity contribution in [1.82, 2.24) is 25.1 Å². The number of Topliss-reactive ketones (excluding diaryl/α,β-unsaturated/α-hetero) is 1. The van der Waals surface area contributed by atoms with Gasteiger partial charge in [-0.25, -0.2) is 4.98 Å². The average molecular weight is 609 g/mol. The molecule has 42 heavy (non-hydrogen) atoms. The van der Waals surface area contributed by atoms with Crippen molar-refractivity contribution in [2.24, 2.45) is 0 Å². The molecule has 1 aromatic heterocycles. The maximum absolute atomic E-state index is 13.2. The standard InChI is InChI=1S/C31H31Cl2N5O4/c1-34-31(41)23-4-2-3-22(13-23)20-5-7-21(8-6-20)28(19-37-9-11-42-12-10-37)35-16-24(39)18-38-29-15-26(33)25(32)14-27(29)36-17-30(38)40/h2-8,13-15,17,28,35H,9-12,16,18-19H2,1H3,(H,34,41). The molecule has 0 bridgehead atoms. The molecule has 9 nitrogen and oxygen atoms in total. The molecule has 1 saturated heterocycles. The van der Waals surface area contributed by atoms with E-state index < -0.39 is 5.56 Å². The van der Waals surface area contributed by atoms with Gasteiger partial charge in [-0.1, -0.05) is 59.6 Å². The summed E-state index contributed by atoms with van der Waals surface area (Å²) in [5.41, 5.74) is 4.07. The van der Waals surface area contributed by atoms with Crippen molar-refractivity contribution in [3.8, 4) is 11.1 Å². The summed E-state index contributed by atoms with van der Waals surface area (Å²) in [6.45, 7) is 3.55. The highest BCUT2D eigenvalue weighted by Crippen LogP contribution is 2.27. The highest BCUT2D eigenvalue weighted by atomic mass is 35.5. The van der Waals surface area contributed by atoms with Gasteiger partial charge in [-0.05, 0) is 41.0 Å². The first-order valence-corrected chi connectivity index (χ1v) is 14.4. The molecule has 0 radical (unpaired) electrons. The molecule has 0 aliphatic carbocycles. The van der Waals surface area contributed by atoms with Crippen LogP contribution in [-0.2, 0) is 16.1 Å². The van der Waals surface area contributed by atoms with Crippen LogP contribution >= 0.6 is 23.2 Å². The minimum absolute atomic E-state index is 0.0580. The Morgan fingerprint density at radius 1 is 1.00 bits per heavy atom. The summed E-state index contributed by atoms with van der Waals surface area (Å²) < 4.78 is 6.88. The number of benzene rings is 3. The van der Waals surface area contributed by atoms with Gasteiger partial charge in [-0.15, -0.1) is 0 Å². The van der Waals surface area contributed by atoms with E-state index in [4.69, 9.17) is 27.9 Å². The first-order valence-electron chi connectivity index (χ1n) is 13.6. The van der Waals surface area contributed by atoms with E-state index >= 15 is 0 Å². The van der Waals surface area contributed by atoms with Gasteiger partial charge in [0, 0.05) is 38.3 Å². The second kappa shape index (κ2) is 13.6. The predicted octanol–water partition coefficient (Wildman–Crippen LogP) is 3.96. The highest BCUT2D eigenvalue weighted by molar-refractivity contribution is 6.42. The first kappa shape index (κ1) is 29.9. The quantitative estimate of drug-likeness (QED) is 0.281. The molecule has 3 aromatic carbocycles. The largest absolute Gasteiger partial charge is 0.379 e. The third kappa shape index (κ3) is 7.06. The number of carbonyl (C=O) groups excluding carboxylic acids is 2. The number of hydrogen-bond donors (Lipinski definition) is 2. The third-order valence-corrected chi connectivity index (χ3v) is 8.03. The van der Waals surface area contributed by atoms with Gasteiger partial charge in [0.05, 0.1) is 53.6 Å². The van der Waals surface area contributed by atoms with Crippen molar-refractivity contribution in [2.45, 2.75) is 12.6 Å². The van der Waals surface area contributed by atoms with Crippen molar-refractivity contribution < 1.29 is 14.3 Å². The fourth-order valence-corrected chi connectivity index (χ4v) is 5.33. The Morgan fingerprint density at radius 3 is 2.48 bits per heavy atom. The van der Waals surface area contributed by atoms with Gasteiger partial charge < -0.3 is 15.4 Å². The van der Waals surface area contributed by atoms with Crippen LogP contribution in [0.25, 0.3) is 22.2 Å². The number of nitrogens with zero attached hydrogens (tertiary/aromatic N) is 3. The Bertz CT molecular complexity index is 1650. The number of ether oxygens (including phenoxy) is 1. The lowest BCUT2D eigenvalue weighted by Crippen LogP contribution is -2.43. The predicted molar refractivity (Wildman–Crippen MR) is 164 cm³/mol. The molecule has 5 rings (SSSR count). The summed E-state index contributed by atoms with van der Waals surface area (Å²) in [5.74, 6) is -0.299. The Kier molecular flexibility index (Phi) is 9.66. The number of carbonyl (C=O) groups is 2. The second-order valence-electron chi connectivity index (χ2n) is 10.1. The molecule has 11 heteroatoms. The van der Waals surface area contributed by atoms with E-state index in [0.717, 1.165) is 29.8 Å². The van der Waals surface area contributed by atoms with E-state index in [1.54, 1.807) is 25.2 Å². The smallest absolute Gasteiger partial charge is 0.269 e. The summed E-state index contributed by atoms with van der Waals surface area (Å²) in [4.78, 5) is 44.3. The number of morpholine rings is 1. The molecular formula is C31H31Cl2N5O4. The summed E-state index contributed by atoms with van der Waals surface area (Å²) >= 11 is 12.3. The SMILES string of the molecule is CNC(=O)c1cccc(-c2ccc(C(CN3CCOCC3)NCC(=O)Cn3c(=O)cnc4cc(Cl)c(Cl)cc43)cc2)c1. The number of rotatable bonds is 10. The first-order chi connectivity index (χ1) is 20.3. The summed E-state index contributed by atoms with van der Waals surface area (Å²) in [7, 11) is 1.61. The maximum atomic E-state index is 13.2. The number of fused-ring (bicyclic) bond motifs is 1. The van der Waals surface area contributed by atoms with Gasteiger partial charge in [-0.3, -0.25) is 23.9 Å². The Hall–Kier alpha value is -3.60. The van der Waals surface area contributed by atoms with Crippen LogP contribution in [0.1, 0.15) is 22.0 Å². The van der Waals surface area contributed by atoms with E-state index in [1.165, 1.54) is 10.8 Å². The van der Waals surface area contributed by atoms with Gasteiger partial charge in [0.15, 0.2) is 5.78 Å². The van der Waals surface area contributed by atoms with Gasteiger partial charge in [0.25, 0.3) is 11.5 Å². The number of amides is 1. The lowest BCUT2D eigenvalue weighted by atomic mass is 9.98. The maximum Gasteiger partial charge on any atom is 0.269 e. The molecule has 1 amide bonds. The van der Waals surface area contributed by atoms with E-state index in [-0.39, 0.29) is 35.8 Å². The van der Waals surface area contributed by atoms with Crippen molar-refractivity contribution in [2.75, 3.05) is 46.4 Å². The molecule has 0 spiro atoms. The van der Waals surface area contributed by atoms with E-state index in [1.807, 2.05) is 42.5 Å². The number of nitrogens with one attached hydrogen (secondary N) is 2. The minimum atomic E-state index is -0.393. The van der Waals surface area contributed by atoms with E-state index in [2.05, 4.69) is 20.5 Å². The zero-order valence-corrected chi connectivity index (χ0v) is 24.6. The normalized spacial score (nSPS) is 14.5. The molecule has 2 N–H and O–H groups in total. The number of halogens is 2. The summed E-state index contributed by atoms with van der Waals surface area (Å²) in [6.07, 6.45) is 1.18. The lowest BCUT2D eigenvalue weighted by molar-refractivity contribution is -0.119. The zero-order chi connectivity index (χ0) is 29.6. The van der Waals surface area contributed by atoms with Gasteiger partial charge in [0.2, 0.25) is 0 Å². The number of ketones is 1. The molecule has 2 heterocycles. The van der Waals surface area contributed by atoms with Crippen LogP contribution in [-0.4, -0.2) is 72.6 Å². The van der Waals surface area contributed by atoms with Crippen LogP contribution in [0.5, 0.6) is 0 Å². The molecule has 1 unspecified atom stereocenters. The molecule has 218 valence electrons. The molecule has 1 fully saturated rings. The number of hydrogen-bond acceptors (Lipinski definition) is 7. The van der Waals surface area contributed by atoms with Crippen LogP contribution in [0.2, 0.25) is 10.0 Å². The summed E-state index contributed by atoms with van der Waals surface area (Å²) in [5, 5.41) is 6.68. The topological polar surface area (TPSA) is 106 Å². The molecule has 4 aromatic rings. The molecule has 0 saturated carbocycles. The second-order valence-corrected chi connectivity index (χ2v) is 10.9. The lowest BCUT2D eigenvalue weighted by Gasteiger charge is -2.31. The molecule has 1 atom stereocenters. The molecule has 1 aliphatic rings. The van der Waals surface area contributed by atoms with Crippen LogP contribution in [0.4, 0.5) is 0 Å². The van der Waals surface area contributed by atoms with Crippen molar-refractivity contribution in [3.63, 3.8) is 0 Å². The van der Waals surface area contributed by atoms with E-state index in [0.29, 0.717) is 41.4 Å². The average Bonchev–Trinajstić information content (AvgIpc) is 3.02. The van der Waals surface area contributed by atoms with E-state index in [9.17, 15) is 14.4 Å². The minimum Gasteiger partial charge on any atom is -0.379 e. The monoisotopic (exact) mass is 607 g/mol. The number of aromatic nitrogens is 2. The van der Waals surface area contributed by atoms with Crippen LogP contribution in [0.15, 0.2) is 71.7 Å². The van der Waals surface area contributed by atoms with Crippen molar-refractivity contribution in [3.05, 3.63) is 98.4 Å². The van der Waals surface area contributed by atoms with Crippen LogP contribution in [0.3, 0.4) is 0 Å². The third-order valence-electron chi connectivity index (χ3n) is 7.31. The fraction of sp³-hybridized carbons (Fsp3) is 0.290. The summed E-state index contributed by atoms with van der Waals surface area (Å²) in [6, 6.07) is 18.6. The fourth-order valence-electron chi connectivity index (χ4n) is 5.01. The van der Waals surface area contributed by atoms with Gasteiger partial charge in [0.1, 0.15) is 0 Å². The van der Waals surface area contributed by atoms with Crippen LogP contribution in [0, 0.1) is 0 Å². The molecular weight excluding hydrogens is 577 g/mol. The Balaban J connectivity index is 1.33. The van der Waals surface area contributed by atoms with Crippen molar-refractivity contribution >= 4 is 45.9 Å². The van der Waals surface area contributed by atoms with Gasteiger partial charge in [-0.2, -0.15) is 0 Å². The van der Waals surface area contributed by atoms with Crippen LogP contribution < -0.4 is 16.2 Å². The van der Waals surface area contributed by atoms with Gasteiger partial charge >= 0.3 is 0 Å². The van der Waals surface area contributed by atoms with Crippen molar-refractivity contribution in [1.29, 1.82) is 0 Å². The Labute approximate surface area is 253 Å². The highest BCUT2D eigenvalue weighted by Gasteiger charge is 2.20. The zero-order valence-electron chi connectivity index (χ0n) is 23.1.